The SMILES string of the molecule is CC(=NC(C)C)[N-]C(C)C.[CH3-].[CH3-].[Ru+3]. The molecule has 0 N–H and O–H groups in total. The Kier molecular flexibility index (Phi) is 21.5. The number of rotatable bonds is 2. The van der Waals surface area contributed by atoms with Crippen molar-refractivity contribution in [1.29, 1.82) is 0 Å². The van der Waals surface area contributed by atoms with Gasteiger partial charge in [-0.2, -0.15) is 0 Å². The smallest absolute Gasteiger partial charge is 0.467 e. The first-order chi connectivity index (χ1) is 4.52. The first-order valence-corrected chi connectivity index (χ1v) is 3.77. The Bertz CT molecular complexity index is 120. The molecule has 0 rings (SSSR count). The second-order valence-electron chi connectivity index (χ2n) is 2.99. The van der Waals surface area contributed by atoms with Crippen LogP contribution >= 0.6 is 0 Å². The molecule has 0 aromatic carbocycles. The van der Waals surface area contributed by atoms with Gasteiger partial charge in [0.1, 0.15) is 0 Å². The largest absolute Gasteiger partial charge is 3.00 e. The van der Waals surface area contributed by atoms with Crippen LogP contribution in [0.3, 0.4) is 0 Å². The van der Waals surface area contributed by atoms with Crippen LogP contribution in [0.2, 0.25) is 0 Å². The van der Waals surface area contributed by atoms with E-state index in [1.165, 1.54) is 0 Å². The molecule has 0 aromatic heterocycles. The molecule has 1 radical (unpaired) electrons. The van der Waals surface area contributed by atoms with Crippen molar-refractivity contribution < 1.29 is 19.5 Å². The van der Waals surface area contributed by atoms with E-state index in [1.54, 1.807) is 0 Å². The van der Waals surface area contributed by atoms with Gasteiger partial charge in [-0.1, -0.05) is 33.5 Å². The van der Waals surface area contributed by atoms with Gasteiger partial charge in [-0.3, -0.25) is 0 Å². The van der Waals surface area contributed by atoms with Crippen LogP contribution in [-0.4, -0.2) is 17.9 Å². The van der Waals surface area contributed by atoms with E-state index in [0.29, 0.717) is 12.1 Å². The summed E-state index contributed by atoms with van der Waals surface area (Å²) in [6.07, 6.45) is 0. The summed E-state index contributed by atoms with van der Waals surface area (Å²) in [5.41, 5.74) is 0. The first kappa shape index (κ1) is 23.2. The molecule has 0 fully saturated rings. The van der Waals surface area contributed by atoms with E-state index in [2.05, 4.69) is 38.0 Å². The molecule has 0 spiro atoms. The van der Waals surface area contributed by atoms with Gasteiger partial charge in [0.05, 0.1) is 0 Å². The van der Waals surface area contributed by atoms with Crippen molar-refractivity contribution >= 4 is 5.84 Å². The van der Waals surface area contributed by atoms with Crippen molar-refractivity contribution in [3.63, 3.8) is 0 Å². The third-order valence-corrected chi connectivity index (χ3v) is 0.890. The molecule has 0 aromatic rings. The van der Waals surface area contributed by atoms with E-state index in [0.717, 1.165) is 5.84 Å². The van der Waals surface area contributed by atoms with Gasteiger partial charge in [0.25, 0.3) is 0 Å². The van der Waals surface area contributed by atoms with Crippen molar-refractivity contribution in [2.75, 3.05) is 0 Å². The molecule has 2 nitrogen and oxygen atoms in total. The Morgan fingerprint density at radius 1 is 1.08 bits per heavy atom. The van der Waals surface area contributed by atoms with Crippen molar-refractivity contribution in [2.45, 2.75) is 46.7 Å². The molecular formula is C10H23N2Ru. The minimum atomic E-state index is 0. The average Bonchev–Trinajstić information content (AvgIpc) is 1.58. The summed E-state index contributed by atoms with van der Waals surface area (Å²) in [6.45, 7) is 10.2. The fourth-order valence-electron chi connectivity index (χ4n) is 0.781. The maximum absolute atomic E-state index is 4.27. The standard InChI is InChI=1S/C8H17N2.2CH3.Ru/c1-6(2)9-8(5)10-7(3)4;;;/h6-7H,1-5H3;2*1H3;/q3*-1;+3. The molecule has 0 unspecified atom stereocenters. The molecule has 0 bridgehead atoms. The molecule has 81 valence electrons. The molecule has 13 heavy (non-hydrogen) atoms. The van der Waals surface area contributed by atoms with Gasteiger partial charge in [0.2, 0.25) is 0 Å². The zero-order valence-electron chi connectivity index (χ0n) is 9.90. The van der Waals surface area contributed by atoms with Crippen molar-refractivity contribution in [2.24, 2.45) is 4.99 Å². The molecule has 0 saturated heterocycles. The Labute approximate surface area is 97.4 Å². The van der Waals surface area contributed by atoms with Crippen LogP contribution in [0.5, 0.6) is 0 Å². The summed E-state index contributed by atoms with van der Waals surface area (Å²) in [5, 5.41) is 4.27. The van der Waals surface area contributed by atoms with E-state index in [4.69, 9.17) is 0 Å². The van der Waals surface area contributed by atoms with Gasteiger partial charge in [0.15, 0.2) is 0 Å². The molecule has 0 aliphatic rings. The second kappa shape index (κ2) is 12.1. The summed E-state index contributed by atoms with van der Waals surface area (Å²) in [5.74, 6) is 0.907. The summed E-state index contributed by atoms with van der Waals surface area (Å²) in [6, 6.07) is 0.727. The number of amidine groups is 1. The first-order valence-electron chi connectivity index (χ1n) is 3.77. The summed E-state index contributed by atoms with van der Waals surface area (Å²) >= 11 is 0. The van der Waals surface area contributed by atoms with Crippen molar-refractivity contribution in [1.82, 2.24) is 0 Å². The maximum Gasteiger partial charge on any atom is 3.00 e. The van der Waals surface area contributed by atoms with E-state index in [1.807, 2.05) is 6.92 Å². The van der Waals surface area contributed by atoms with Gasteiger partial charge in [-0.15, -0.1) is 0 Å². The minimum absolute atomic E-state index is 0. The third-order valence-electron chi connectivity index (χ3n) is 0.890. The number of hydrogen-bond acceptors (Lipinski definition) is 1. The Hall–Kier alpha value is 0.0934. The molecule has 0 saturated carbocycles. The normalized spacial score (nSPS) is 9.92. The van der Waals surface area contributed by atoms with Crippen LogP contribution in [0.1, 0.15) is 34.6 Å². The molecule has 3 heteroatoms. The van der Waals surface area contributed by atoms with Crippen LogP contribution in [0.4, 0.5) is 0 Å². The Morgan fingerprint density at radius 3 is 1.69 bits per heavy atom. The maximum atomic E-state index is 4.27. The van der Waals surface area contributed by atoms with Crippen LogP contribution in [-0.2, 0) is 19.5 Å². The Balaban J connectivity index is -0.000000135. The van der Waals surface area contributed by atoms with Crippen molar-refractivity contribution in [3.05, 3.63) is 20.2 Å². The fourth-order valence-corrected chi connectivity index (χ4v) is 0.781. The fraction of sp³-hybridized carbons (Fsp3) is 0.700. The average molecular weight is 272 g/mol. The van der Waals surface area contributed by atoms with E-state index in [-0.39, 0.29) is 34.3 Å². The van der Waals surface area contributed by atoms with Gasteiger partial charge < -0.3 is 25.2 Å². The van der Waals surface area contributed by atoms with Gasteiger partial charge in [-0.25, -0.2) is 0 Å². The Morgan fingerprint density at radius 2 is 1.46 bits per heavy atom. The van der Waals surface area contributed by atoms with Crippen molar-refractivity contribution in [3.8, 4) is 0 Å². The minimum Gasteiger partial charge on any atom is -0.467 e. The van der Waals surface area contributed by atoms with Gasteiger partial charge >= 0.3 is 19.5 Å². The summed E-state index contributed by atoms with van der Waals surface area (Å²) < 4.78 is 0. The number of aliphatic imine (C=N–C) groups is 1. The quantitative estimate of drug-likeness (QED) is 0.318. The topological polar surface area (TPSA) is 26.5 Å². The number of nitrogens with zero attached hydrogens (tertiary/aromatic N) is 2. The predicted octanol–water partition coefficient (Wildman–Crippen LogP) is 3.49. The number of hydrogen-bond donors (Lipinski definition) is 0. The van der Waals surface area contributed by atoms with Crippen LogP contribution in [0, 0.1) is 14.9 Å². The summed E-state index contributed by atoms with van der Waals surface area (Å²) in [7, 11) is 0. The van der Waals surface area contributed by atoms with Crippen LogP contribution in [0.15, 0.2) is 4.99 Å². The monoisotopic (exact) mass is 273 g/mol. The zero-order chi connectivity index (χ0) is 8.15. The molecule has 0 aliphatic carbocycles. The van der Waals surface area contributed by atoms with Gasteiger partial charge in [0, 0.05) is 0 Å². The molecule has 0 heterocycles. The van der Waals surface area contributed by atoms with Crippen LogP contribution in [0.25, 0.3) is 5.32 Å². The van der Waals surface area contributed by atoms with Gasteiger partial charge in [-0.05, 0) is 19.0 Å². The summed E-state index contributed by atoms with van der Waals surface area (Å²) in [4.78, 5) is 4.27. The molecule has 0 amide bonds. The second-order valence-corrected chi connectivity index (χ2v) is 2.99. The predicted molar refractivity (Wildman–Crippen MR) is 59.6 cm³/mol. The molecule has 0 atom stereocenters. The molecular weight excluding hydrogens is 249 g/mol. The van der Waals surface area contributed by atoms with Crippen LogP contribution < -0.4 is 0 Å². The molecule has 0 aliphatic heterocycles. The third kappa shape index (κ3) is 18.8. The van der Waals surface area contributed by atoms with E-state index in [9.17, 15) is 0 Å². The van der Waals surface area contributed by atoms with E-state index < -0.39 is 0 Å². The zero-order valence-corrected chi connectivity index (χ0v) is 11.6. The van der Waals surface area contributed by atoms with E-state index >= 15 is 0 Å².